The van der Waals surface area contributed by atoms with Gasteiger partial charge >= 0.3 is 0 Å². The van der Waals surface area contributed by atoms with Gasteiger partial charge in [-0.1, -0.05) is 28.1 Å². The predicted octanol–water partition coefficient (Wildman–Crippen LogP) is 2.79. The SMILES string of the molecule is CC(Br)C(=O)N[C@@H](C)c1cccc(F)c1. The van der Waals surface area contributed by atoms with Crippen LogP contribution in [0.2, 0.25) is 0 Å². The summed E-state index contributed by atoms with van der Waals surface area (Å²) in [6, 6.07) is 6.03. The summed E-state index contributed by atoms with van der Waals surface area (Å²) in [4.78, 5) is 11.1. The topological polar surface area (TPSA) is 29.1 Å². The van der Waals surface area contributed by atoms with Crippen LogP contribution in [0.15, 0.2) is 24.3 Å². The van der Waals surface area contributed by atoms with Crippen molar-refractivity contribution >= 4 is 21.8 Å². The van der Waals surface area contributed by atoms with Crippen molar-refractivity contribution in [3.63, 3.8) is 0 Å². The minimum atomic E-state index is -0.291. The molecule has 1 rings (SSSR count). The number of amides is 1. The van der Waals surface area contributed by atoms with Gasteiger partial charge in [-0.05, 0) is 31.5 Å². The van der Waals surface area contributed by atoms with Gasteiger partial charge in [0.05, 0.1) is 10.9 Å². The molecule has 0 radical (unpaired) electrons. The van der Waals surface area contributed by atoms with Crippen LogP contribution in [-0.2, 0) is 4.79 Å². The summed E-state index contributed by atoms with van der Waals surface area (Å²) in [7, 11) is 0. The Balaban J connectivity index is 2.69. The van der Waals surface area contributed by atoms with Crippen LogP contribution in [0.1, 0.15) is 25.5 Å². The van der Waals surface area contributed by atoms with E-state index in [9.17, 15) is 9.18 Å². The highest BCUT2D eigenvalue weighted by atomic mass is 79.9. The molecule has 0 bridgehead atoms. The van der Waals surface area contributed by atoms with Crippen LogP contribution < -0.4 is 5.32 Å². The molecule has 0 saturated heterocycles. The zero-order valence-corrected chi connectivity index (χ0v) is 10.2. The normalized spacial score (nSPS) is 14.4. The minimum Gasteiger partial charge on any atom is -0.349 e. The molecule has 0 fully saturated rings. The number of hydrogen-bond acceptors (Lipinski definition) is 1. The number of carbonyl (C=O) groups is 1. The van der Waals surface area contributed by atoms with Gasteiger partial charge in [-0.15, -0.1) is 0 Å². The zero-order chi connectivity index (χ0) is 11.4. The largest absolute Gasteiger partial charge is 0.349 e. The summed E-state index contributed by atoms with van der Waals surface area (Å²) in [5, 5.41) is 2.77. The summed E-state index contributed by atoms with van der Waals surface area (Å²) in [6.07, 6.45) is 0. The molecule has 0 aliphatic carbocycles. The van der Waals surface area contributed by atoms with E-state index >= 15 is 0 Å². The smallest absolute Gasteiger partial charge is 0.233 e. The van der Waals surface area contributed by atoms with E-state index in [1.165, 1.54) is 12.1 Å². The molecule has 82 valence electrons. The number of hydrogen-bond donors (Lipinski definition) is 1. The molecule has 1 aromatic rings. The highest BCUT2D eigenvalue weighted by molar-refractivity contribution is 9.10. The van der Waals surface area contributed by atoms with E-state index in [2.05, 4.69) is 21.2 Å². The Kier molecular flexibility index (Phi) is 4.27. The first kappa shape index (κ1) is 12.2. The molecule has 0 saturated carbocycles. The van der Waals surface area contributed by atoms with Gasteiger partial charge in [-0.3, -0.25) is 4.79 Å². The molecule has 0 aliphatic rings. The van der Waals surface area contributed by atoms with Crippen LogP contribution in [0, 0.1) is 5.82 Å². The molecule has 0 aliphatic heterocycles. The average Bonchev–Trinajstić information content (AvgIpc) is 2.17. The lowest BCUT2D eigenvalue weighted by Crippen LogP contribution is -2.31. The van der Waals surface area contributed by atoms with Crippen molar-refractivity contribution in [1.29, 1.82) is 0 Å². The summed E-state index contributed by atoms with van der Waals surface area (Å²) < 4.78 is 12.9. The second-order valence-corrected chi connectivity index (χ2v) is 4.77. The third kappa shape index (κ3) is 3.63. The number of halogens is 2. The van der Waals surface area contributed by atoms with E-state index in [1.807, 2.05) is 6.92 Å². The Morgan fingerprint density at radius 2 is 2.13 bits per heavy atom. The Bertz CT molecular complexity index is 354. The molecular formula is C11H13BrFNO. The summed E-state index contributed by atoms with van der Waals surface area (Å²) in [5.74, 6) is -0.396. The Hall–Kier alpha value is -0.900. The summed E-state index contributed by atoms with van der Waals surface area (Å²) in [6.45, 7) is 3.57. The highest BCUT2D eigenvalue weighted by Gasteiger charge is 2.13. The van der Waals surface area contributed by atoms with Crippen molar-refractivity contribution in [3.05, 3.63) is 35.6 Å². The number of nitrogens with one attached hydrogen (secondary N) is 1. The predicted molar refractivity (Wildman–Crippen MR) is 61.3 cm³/mol. The number of rotatable bonds is 3. The number of carbonyl (C=O) groups excluding carboxylic acids is 1. The maximum absolute atomic E-state index is 12.9. The second kappa shape index (κ2) is 5.26. The molecule has 4 heteroatoms. The van der Waals surface area contributed by atoms with Crippen molar-refractivity contribution < 1.29 is 9.18 Å². The maximum Gasteiger partial charge on any atom is 0.233 e. The monoisotopic (exact) mass is 273 g/mol. The fraction of sp³-hybridized carbons (Fsp3) is 0.364. The molecule has 2 atom stereocenters. The van der Waals surface area contributed by atoms with E-state index in [0.29, 0.717) is 0 Å². The highest BCUT2D eigenvalue weighted by Crippen LogP contribution is 2.14. The van der Waals surface area contributed by atoms with Crippen LogP contribution in [-0.4, -0.2) is 10.7 Å². The van der Waals surface area contributed by atoms with Gasteiger partial charge in [0.1, 0.15) is 5.82 Å². The summed E-state index contributed by atoms with van der Waals surface area (Å²) >= 11 is 3.17. The lowest BCUT2D eigenvalue weighted by Gasteiger charge is -2.15. The van der Waals surface area contributed by atoms with Gasteiger partial charge in [0.2, 0.25) is 5.91 Å². The van der Waals surface area contributed by atoms with Gasteiger partial charge in [-0.2, -0.15) is 0 Å². The van der Waals surface area contributed by atoms with Crippen LogP contribution in [0.4, 0.5) is 4.39 Å². The fourth-order valence-electron chi connectivity index (χ4n) is 1.19. The molecule has 1 aromatic carbocycles. The molecular weight excluding hydrogens is 261 g/mol. The Morgan fingerprint density at radius 3 is 2.67 bits per heavy atom. The number of benzene rings is 1. The molecule has 0 aromatic heterocycles. The third-order valence-corrected chi connectivity index (χ3v) is 2.48. The van der Waals surface area contributed by atoms with E-state index in [0.717, 1.165) is 5.56 Å². The summed E-state index contributed by atoms with van der Waals surface area (Å²) in [5.41, 5.74) is 0.761. The second-order valence-electron chi connectivity index (χ2n) is 3.40. The van der Waals surface area contributed by atoms with Crippen molar-refractivity contribution in [1.82, 2.24) is 5.32 Å². The molecule has 15 heavy (non-hydrogen) atoms. The molecule has 1 unspecified atom stereocenters. The van der Waals surface area contributed by atoms with Gasteiger partial charge in [-0.25, -0.2) is 4.39 Å². The van der Waals surface area contributed by atoms with Crippen molar-refractivity contribution in [2.24, 2.45) is 0 Å². The van der Waals surface area contributed by atoms with E-state index in [1.54, 1.807) is 19.1 Å². The average molecular weight is 274 g/mol. The van der Waals surface area contributed by atoms with Crippen LogP contribution in [0.3, 0.4) is 0 Å². The van der Waals surface area contributed by atoms with E-state index in [-0.39, 0.29) is 22.6 Å². The molecule has 0 spiro atoms. The molecule has 2 nitrogen and oxygen atoms in total. The first-order valence-electron chi connectivity index (χ1n) is 4.70. The minimum absolute atomic E-state index is 0.105. The van der Waals surface area contributed by atoms with Gasteiger partial charge in [0.15, 0.2) is 0 Å². The van der Waals surface area contributed by atoms with Crippen LogP contribution in [0.25, 0.3) is 0 Å². The Morgan fingerprint density at radius 1 is 1.47 bits per heavy atom. The van der Waals surface area contributed by atoms with Crippen molar-refractivity contribution in [2.45, 2.75) is 24.7 Å². The van der Waals surface area contributed by atoms with Crippen LogP contribution >= 0.6 is 15.9 Å². The first-order valence-corrected chi connectivity index (χ1v) is 5.62. The molecule has 1 N–H and O–H groups in total. The lowest BCUT2D eigenvalue weighted by molar-refractivity contribution is -0.120. The maximum atomic E-state index is 12.9. The van der Waals surface area contributed by atoms with Gasteiger partial charge in [0, 0.05) is 0 Å². The molecule has 1 amide bonds. The van der Waals surface area contributed by atoms with Gasteiger partial charge < -0.3 is 5.32 Å². The van der Waals surface area contributed by atoms with Gasteiger partial charge in [0.25, 0.3) is 0 Å². The quantitative estimate of drug-likeness (QED) is 0.844. The Labute approximate surface area is 97.0 Å². The third-order valence-electron chi connectivity index (χ3n) is 2.07. The standard InChI is InChI=1S/C11H13BrFNO/c1-7(12)11(15)14-8(2)9-4-3-5-10(13)6-9/h3-8H,1-2H3,(H,14,15)/t7?,8-/m0/s1. The van der Waals surface area contributed by atoms with E-state index in [4.69, 9.17) is 0 Å². The molecule has 0 heterocycles. The number of alkyl halides is 1. The fourth-order valence-corrected chi connectivity index (χ4v) is 1.32. The van der Waals surface area contributed by atoms with Crippen LogP contribution in [0.5, 0.6) is 0 Å². The zero-order valence-electron chi connectivity index (χ0n) is 8.63. The van der Waals surface area contributed by atoms with Crippen molar-refractivity contribution in [2.75, 3.05) is 0 Å². The first-order chi connectivity index (χ1) is 7.00. The lowest BCUT2D eigenvalue weighted by atomic mass is 10.1. The van der Waals surface area contributed by atoms with E-state index < -0.39 is 0 Å². The van der Waals surface area contributed by atoms with Crippen molar-refractivity contribution in [3.8, 4) is 0 Å².